The molecule has 0 aliphatic carbocycles. The summed E-state index contributed by atoms with van der Waals surface area (Å²) in [5.74, 6) is -0.833. The lowest BCUT2D eigenvalue weighted by atomic mass is 10.3. The Bertz CT molecular complexity index is 613. The quantitative estimate of drug-likeness (QED) is 0.681. The summed E-state index contributed by atoms with van der Waals surface area (Å²) in [6.07, 6.45) is 1.79. The van der Waals surface area contributed by atoms with Crippen molar-refractivity contribution in [2.45, 2.75) is 20.8 Å². The minimum absolute atomic E-state index is 0. The predicted molar refractivity (Wildman–Crippen MR) is 71.3 cm³/mol. The largest absolute Gasteiger partial charge is 0.481 e. The molecular formula is C10H15BrN4O3. The number of nitrogens with zero attached hydrogens (tertiary/aromatic N) is 2. The van der Waals surface area contributed by atoms with E-state index in [4.69, 9.17) is 9.90 Å². The molecule has 0 aliphatic heterocycles. The van der Waals surface area contributed by atoms with Gasteiger partial charge in [0.2, 0.25) is 0 Å². The van der Waals surface area contributed by atoms with Crippen molar-refractivity contribution >= 4 is 27.4 Å². The van der Waals surface area contributed by atoms with Crippen molar-refractivity contribution in [2.75, 3.05) is 0 Å². The number of rotatable bonds is 0. The van der Waals surface area contributed by atoms with E-state index in [-0.39, 0.29) is 11.7 Å². The van der Waals surface area contributed by atoms with Gasteiger partial charge in [-0.15, -0.1) is 0 Å². The summed E-state index contributed by atoms with van der Waals surface area (Å²) in [4.78, 5) is 23.2. The summed E-state index contributed by atoms with van der Waals surface area (Å²) in [5.41, 5.74) is 2.15. The highest BCUT2D eigenvalue weighted by molar-refractivity contribution is 9.10. The fourth-order valence-corrected chi connectivity index (χ4v) is 1.67. The number of aryl methyl sites for hydroxylation is 2. The van der Waals surface area contributed by atoms with Gasteiger partial charge in [0.15, 0.2) is 0 Å². The number of nitrogens with one attached hydrogen (secondary N) is 1. The molecule has 0 saturated heterocycles. The lowest BCUT2D eigenvalue weighted by Crippen LogP contribution is -2.11. The molecule has 2 aromatic heterocycles. The maximum absolute atomic E-state index is 11.5. The smallest absolute Gasteiger partial charge is 0.300 e. The fraction of sp³-hybridized carbons (Fsp3) is 0.300. The Morgan fingerprint density at radius 2 is 2.00 bits per heavy atom. The zero-order valence-corrected chi connectivity index (χ0v) is 11.9. The van der Waals surface area contributed by atoms with E-state index in [1.807, 2.05) is 13.8 Å². The van der Waals surface area contributed by atoms with Crippen LogP contribution in [0.3, 0.4) is 0 Å². The summed E-state index contributed by atoms with van der Waals surface area (Å²) in [5, 5.41) is 11.6. The number of halogens is 1. The SMILES string of the molecule is CC(=O)O.Cc1cn2nc(Br)c(C)c2c(=O)[nH]1.N. The fourth-order valence-electron chi connectivity index (χ4n) is 1.31. The van der Waals surface area contributed by atoms with E-state index >= 15 is 0 Å². The van der Waals surface area contributed by atoms with Crippen LogP contribution in [-0.2, 0) is 4.79 Å². The molecule has 100 valence electrons. The summed E-state index contributed by atoms with van der Waals surface area (Å²) >= 11 is 3.28. The first-order chi connectivity index (χ1) is 7.82. The van der Waals surface area contributed by atoms with Gasteiger partial charge in [0.25, 0.3) is 11.5 Å². The van der Waals surface area contributed by atoms with Gasteiger partial charge in [-0.1, -0.05) is 0 Å². The molecule has 0 amide bonds. The highest BCUT2D eigenvalue weighted by Crippen LogP contribution is 2.16. The second-order valence-corrected chi connectivity index (χ2v) is 4.25. The Kier molecular flexibility index (Phi) is 5.73. The number of hydrogen-bond acceptors (Lipinski definition) is 4. The average Bonchev–Trinajstić information content (AvgIpc) is 2.40. The molecule has 0 unspecified atom stereocenters. The van der Waals surface area contributed by atoms with Crippen LogP contribution in [0.4, 0.5) is 0 Å². The molecule has 2 rings (SSSR count). The zero-order chi connectivity index (χ0) is 13.2. The van der Waals surface area contributed by atoms with Crippen LogP contribution in [0.2, 0.25) is 0 Å². The Morgan fingerprint density at radius 1 is 1.50 bits per heavy atom. The third-order valence-corrected chi connectivity index (χ3v) is 2.68. The topological polar surface area (TPSA) is 122 Å². The lowest BCUT2D eigenvalue weighted by molar-refractivity contribution is -0.134. The van der Waals surface area contributed by atoms with Gasteiger partial charge in [0.05, 0.1) is 0 Å². The molecule has 0 fully saturated rings. The molecule has 0 saturated carbocycles. The highest BCUT2D eigenvalue weighted by atomic mass is 79.9. The number of carboxylic acid groups (broad SMARTS) is 1. The first-order valence-electron chi connectivity index (χ1n) is 4.76. The van der Waals surface area contributed by atoms with Crippen molar-refractivity contribution in [1.29, 1.82) is 0 Å². The van der Waals surface area contributed by atoms with E-state index in [9.17, 15) is 4.79 Å². The van der Waals surface area contributed by atoms with Gasteiger partial charge >= 0.3 is 0 Å². The maximum Gasteiger partial charge on any atom is 0.300 e. The molecule has 5 N–H and O–H groups in total. The normalized spacial score (nSPS) is 9.33. The van der Waals surface area contributed by atoms with Gasteiger partial charge in [-0.2, -0.15) is 5.10 Å². The average molecular weight is 319 g/mol. The molecular weight excluding hydrogens is 304 g/mol. The number of hydrogen-bond donors (Lipinski definition) is 3. The van der Waals surface area contributed by atoms with Gasteiger partial charge < -0.3 is 16.2 Å². The number of carbonyl (C=O) groups is 1. The monoisotopic (exact) mass is 318 g/mol. The summed E-state index contributed by atoms with van der Waals surface area (Å²) < 4.78 is 2.30. The molecule has 0 atom stereocenters. The van der Waals surface area contributed by atoms with Crippen LogP contribution >= 0.6 is 15.9 Å². The van der Waals surface area contributed by atoms with Crippen molar-refractivity contribution in [1.82, 2.24) is 20.7 Å². The molecule has 7 nitrogen and oxygen atoms in total. The molecule has 0 aromatic carbocycles. The third-order valence-electron chi connectivity index (χ3n) is 1.93. The zero-order valence-electron chi connectivity index (χ0n) is 10.3. The summed E-state index contributed by atoms with van der Waals surface area (Å²) in [7, 11) is 0. The second-order valence-electron chi connectivity index (χ2n) is 3.49. The molecule has 18 heavy (non-hydrogen) atoms. The maximum atomic E-state index is 11.5. The van der Waals surface area contributed by atoms with E-state index in [1.54, 1.807) is 10.7 Å². The number of aliphatic carboxylic acids is 1. The Labute approximate surface area is 112 Å². The molecule has 2 heterocycles. The highest BCUT2D eigenvalue weighted by Gasteiger charge is 2.09. The minimum atomic E-state index is -0.833. The molecule has 2 aromatic rings. The Hall–Kier alpha value is -1.67. The minimum Gasteiger partial charge on any atom is -0.481 e. The van der Waals surface area contributed by atoms with Crippen LogP contribution in [0.1, 0.15) is 18.2 Å². The number of fused-ring (bicyclic) bond motifs is 1. The van der Waals surface area contributed by atoms with E-state index < -0.39 is 5.97 Å². The number of carboxylic acids is 1. The van der Waals surface area contributed by atoms with E-state index in [2.05, 4.69) is 26.0 Å². The van der Waals surface area contributed by atoms with Gasteiger partial charge in [0.1, 0.15) is 10.1 Å². The molecule has 0 bridgehead atoms. The van der Waals surface area contributed by atoms with Crippen LogP contribution in [-0.4, -0.2) is 25.7 Å². The van der Waals surface area contributed by atoms with Crippen LogP contribution < -0.4 is 11.7 Å². The predicted octanol–water partition coefficient (Wildman–Crippen LogP) is 1.65. The van der Waals surface area contributed by atoms with E-state index in [0.29, 0.717) is 10.1 Å². The second kappa shape index (κ2) is 6.31. The number of H-pyrrole nitrogens is 1. The van der Waals surface area contributed by atoms with Gasteiger partial charge in [-0.3, -0.25) is 9.59 Å². The Balaban J connectivity index is 0.000000512. The van der Waals surface area contributed by atoms with Crippen LogP contribution in [0.25, 0.3) is 5.52 Å². The molecule has 0 radical (unpaired) electrons. The first kappa shape index (κ1) is 16.3. The van der Waals surface area contributed by atoms with Gasteiger partial charge in [-0.25, -0.2) is 4.52 Å². The van der Waals surface area contributed by atoms with Crippen LogP contribution in [0.5, 0.6) is 0 Å². The molecule has 0 aliphatic rings. The number of aromatic amines is 1. The van der Waals surface area contributed by atoms with Crippen LogP contribution in [0.15, 0.2) is 15.6 Å². The summed E-state index contributed by atoms with van der Waals surface area (Å²) in [6.45, 7) is 4.77. The van der Waals surface area contributed by atoms with Crippen molar-refractivity contribution in [2.24, 2.45) is 0 Å². The van der Waals surface area contributed by atoms with Crippen molar-refractivity contribution in [3.8, 4) is 0 Å². The van der Waals surface area contributed by atoms with Crippen LogP contribution in [0, 0.1) is 13.8 Å². The van der Waals surface area contributed by atoms with Crippen molar-refractivity contribution < 1.29 is 9.90 Å². The van der Waals surface area contributed by atoms with Crippen molar-refractivity contribution in [3.05, 3.63) is 32.4 Å². The number of aromatic nitrogens is 3. The van der Waals surface area contributed by atoms with Gasteiger partial charge in [0, 0.05) is 24.4 Å². The lowest BCUT2D eigenvalue weighted by Gasteiger charge is -1.94. The van der Waals surface area contributed by atoms with E-state index in [1.165, 1.54) is 0 Å². The van der Waals surface area contributed by atoms with Gasteiger partial charge in [-0.05, 0) is 29.8 Å². The standard InChI is InChI=1S/C8H8BrN3O.C2H4O2.H3N/c1-4-3-12-6(8(13)10-4)5(2)7(9)11-12;1-2(3)4;/h3H,1-2H3,(H,10,13);1H3,(H,3,4);1H3. The summed E-state index contributed by atoms with van der Waals surface area (Å²) in [6, 6.07) is 0. The third kappa shape index (κ3) is 3.67. The Morgan fingerprint density at radius 3 is 2.50 bits per heavy atom. The van der Waals surface area contributed by atoms with Crippen molar-refractivity contribution in [3.63, 3.8) is 0 Å². The van der Waals surface area contributed by atoms with E-state index in [0.717, 1.165) is 18.2 Å². The first-order valence-corrected chi connectivity index (χ1v) is 5.56. The molecule has 8 heteroatoms. The molecule has 0 spiro atoms.